The van der Waals surface area contributed by atoms with E-state index in [1.165, 1.54) is 6.07 Å². The average Bonchev–Trinajstić information content (AvgIpc) is 2.63. The highest BCUT2D eigenvalue weighted by atomic mass is 35.5. The Balaban J connectivity index is 2.30. The second-order valence-electron chi connectivity index (χ2n) is 5.49. The van der Waals surface area contributed by atoms with E-state index >= 15 is 0 Å². The Labute approximate surface area is 156 Å². The number of halogens is 1. The Kier molecular flexibility index (Phi) is 6.81. The Hall–Kier alpha value is -2.79. The van der Waals surface area contributed by atoms with Gasteiger partial charge in [0, 0.05) is 11.1 Å². The number of rotatable bonds is 7. The van der Waals surface area contributed by atoms with Crippen molar-refractivity contribution in [3.05, 3.63) is 70.3 Å². The van der Waals surface area contributed by atoms with Crippen LogP contribution in [0.2, 0.25) is 5.02 Å². The van der Waals surface area contributed by atoms with Gasteiger partial charge in [-0.25, -0.2) is 4.79 Å². The maximum atomic E-state index is 11.8. The Morgan fingerprint density at radius 3 is 2.54 bits per heavy atom. The molecule has 2 aromatic carbocycles. The van der Waals surface area contributed by atoms with Gasteiger partial charge in [0.15, 0.2) is 0 Å². The summed E-state index contributed by atoms with van der Waals surface area (Å²) in [5, 5.41) is 10.7. The number of aryl methyl sites for hydroxylation is 1. The Morgan fingerprint density at radius 1 is 1.19 bits per heavy atom. The molecule has 0 radical (unpaired) electrons. The number of ketones is 1. The zero-order valence-electron chi connectivity index (χ0n) is 14.5. The molecule has 0 saturated carbocycles. The molecule has 0 aliphatic rings. The van der Waals surface area contributed by atoms with Gasteiger partial charge in [-0.2, -0.15) is 0 Å². The Bertz CT molecular complexity index is 828. The number of carbonyl (C=O) groups excluding carboxylic acids is 2. The monoisotopic (exact) mass is 374 g/mol. The average molecular weight is 375 g/mol. The molecule has 2 rings (SSSR count). The summed E-state index contributed by atoms with van der Waals surface area (Å²) >= 11 is 6.13. The molecule has 0 aliphatic carbocycles. The van der Waals surface area contributed by atoms with Gasteiger partial charge in [0.05, 0.1) is 12.2 Å². The molecular weight excluding hydrogens is 356 g/mol. The number of aliphatic hydroxyl groups is 1. The summed E-state index contributed by atoms with van der Waals surface area (Å²) in [6, 6.07) is 12.6. The van der Waals surface area contributed by atoms with E-state index in [0.717, 1.165) is 17.2 Å². The minimum Gasteiger partial charge on any atom is -0.507 e. The molecule has 0 spiro atoms. The molecule has 0 bridgehead atoms. The van der Waals surface area contributed by atoms with Gasteiger partial charge in [-0.15, -0.1) is 0 Å². The van der Waals surface area contributed by atoms with E-state index in [2.05, 4.69) is 4.74 Å². The van der Waals surface area contributed by atoms with Gasteiger partial charge in [-0.1, -0.05) is 41.9 Å². The number of hydrogen-bond acceptors (Lipinski definition) is 5. The van der Waals surface area contributed by atoms with Gasteiger partial charge in [-0.05, 0) is 37.1 Å². The van der Waals surface area contributed by atoms with Crippen molar-refractivity contribution >= 4 is 29.1 Å². The highest BCUT2D eigenvalue weighted by Gasteiger charge is 2.17. The molecule has 0 saturated heterocycles. The van der Waals surface area contributed by atoms with E-state index in [1.807, 2.05) is 30.3 Å². The third-order valence-electron chi connectivity index (χ3n) is 3.52. The van der Waals surface area contributed by atoms with Crippen LogP contribution in [0.4, 0.5) is 0 Å². The first-order valence-corrected chi connectivity index (χ1v) is 8.39. The predicted molar refractivity (Wildman–Crippen MR) is 99.2 cm³/mol. The zero-order valence-corrected chi connectivity index (χ0v) is 15.2. The third kappa shape index (κ3) is 5.10. The van der Waals surface area contributed by atoms with Crippen LogP contribution in [0.1, 0.15) is 23.6 Å². The number of esters is 1. The molecule has 0 amide bonds. The topological polar surface area (TPSA) is 72.8 Å². The normalized spacial score (nSPS) is 11.1. The van der Waals surface area contributed by atoms with Gasteiger partial charge in [0.25, 0.3) is 5.78 Å². The lowest BCUT2D eigenvalue weighted by atomic mass is 10.1. The van der Waals surface area contributed by atoms with Crippen LogP contribution < -0.4 is 4.74 Å². The van der Waals surface area contributed by atoms with E-state index in [1.54, 1.807) is 19.9 Å². The van der Waals surface area contributed by atoms with Crippen molar-refractivity contribution < 1.29 is 24.2 Å². The second kappa shape index (κ2) is 9.06. The fourth-order valence-electron chi connectivity index (χ4n) is 2.17. The van der Waals surface area contributed by atoms with Crippen LogP contribution in [0.3, 0.4) is 0 Å². The minimum atomic E-state index is -1.04. The van der Waals surface area contributed by atoms with Crippen molar-refractivity contribution in [2.75, 3.05) is 6.61 Å². The molecule has 0 aromatic heterocycles. The van der Waals surface area contributed by atoms with E-state index in [9.17, 15) is 14.7 Å². The molecule has 26 heavy (non-hydrogen) atoms. The summed E-state index contributed by atoms with van der Waals surface area (Å²) in [4.78, 5) is 23.2. The van der Waals surface area contributed by atoms with E-state index in [-0.39, 0.29) is 18.8 Å². The number of hydrogen-bond donors (Lipinski definition) is 1. The molecule has 0 unspecified atom stereocenters. The largest absolute Gasteiger partial charge is 0.507 e. The first kappa shape index (κ1) is 19.5. The van der Waals surface area contributed by atoms with Crippen LogP contribution in [0, 0.1) is 6.92 Å². The predicted octanol–water partition coefficient (Wildman–Crippen LogP) is 4.26. The van der Waals surface area contributed by atoms with Crippen LogP contribution in [0.15, 0.2) is 48.5 Å². The summed E-state index contributed by atoms with van der Waals surface area (Å²) < 4.78 is 10.4. The van der Waals surface area contributed by atoms with Gasteiger partial charge in [0.1, 0.15) is 18.1 Å². The SMILES string of the molecule is CCOC(=O)C(=O)C=C(O)c1cc(Cl)c(C)cc1OCc1ccccc1. The van der Waals surface area contributed by atoms with Crippen LogP contribution in [-0.2, 0) is 20.9 Å². The van der Waals surface area contributed by atoms with E-state index in [4.69, 9.17) is 16.3 Å². The van der Waals surface area contributed by atoms with Crippen molar-refractivity contribution in [2.45, 2.75) is 20.5 Å². The molecule has 1 N–H and O–H groups in total. The maximum absolute atomic E-state index is 11.8. The van der Waals surface area contributed by atoms with Crippen molar-refractivity contribution in [2.24, 2.45) is 0 Å². The molecular formula is C20H19ClO5. The molecule has 0 fully saturated rings. The van der Waals surface area contributed by atoms with E-state index in [0.29, 0.717) is 10.8 Å². The van der Waals surface area contributed by atoms with Crippen LogP contribution in [0.5, 0.6) is 5.75 Å². The summed E-state index contributed by atoms with van der Waals surface area (Å²) in [6.45, 7) is 3.73. The van der Waals surface area contributed by atoms with Crippen molar-refractivity contribution in [3.8, 4) is 5.75 Å². The highest BCUT2D eigenvalue weighted by molar-refractivity contribution is 6.39. The standard InChI is InChI=1S/C20H19ClO5/c1-3-25-20(24)18(23)11-17(22)15-10-16(21)13(2)9-19(15)26-12-14-7-5-4-6-8-14/h4-11,22H,3,12H2,1-2H3. The van der Waals surface area contributed by atoms with Gasteiger partial charge in [-0.3, -0.25) is 4.79 Å². The molecule has 0 aliphatic heterocycles. The van der Waals surface area contributed by atoms with Gasteiger partial charge < -0.3 is 14.6 Å². The fraction of sp³-hybridized carbons (Fsp3) is 0.200. The molecule has 0 heterocycles. The summed E-state index contributed by atoms with van der Waals surface area (Å²) in [5.41, 5.74) is 1.91. The zero-order chi connectivity index (χ0) is 19.1. The highest BCUT2D eigenvalue weighted by Crippen LogP contribution is 2.31. The second-order valence-corrected chi connectivity index (χ2v) is 5.89. The number of benzene rings is 2. The molecule has 5 nitrogen and oxygen atoms in total. The van der Waals surface area contributed by atoms with Crippen LogP contribution in [-0.4, -0.2) is 23.5 Å². The third-order valence-corrected chi connectivity index (χ3v) is 3.93. The van der Waals surface area contributed by atoms with Crippen molar-refractivity contribution in [3.63, 3.8) is 0 Å². The Morgan fingerprint density at radius 2 is 1.88 bits per heavy atom. The first-order chi connectivity index (χ1) is 12.4. The lowest BCUT2D eigenvalue weighted by Crippen LogP contribution is -2.15. The maximum Gasteiger partial charge on any atom is 0.379 e. The number of carbonyl (C=O) groups is 2. The number of ether oxygens (including phenoxy) is 2. The van der Waals surface area contributed by atoms with Crippen molar-refractivity contribution in [1.29, 1.82) is 0 Å². The van der Waals surface area contributed by atoms with Gasteiger partial charge >= 0.3 is 5.97 Å². The lowest BCUT2D eigenvalue weighted by molar-refractivity contribution is -0.151. The molecule has 2 aromatic rings. The quantitative estimate of drug-likeness (QED) is 0.339. The number of aliphatic hydroxyl groups excluding tert-OH is 1. The lowest BCUT2D eigenvalue weighted by Gasteiger charge is -2.13. The van der Waals surface area contributed by atoms with Crippen LogP contribution >= 0.6 is 11.6 Å². The van der Waals surface area contributed by atoms with E-state index < -0.39 is 17.5 Å². The van der Waals surface area contributed by atoms with Gasteiger partial charge in [0.2, 0.25) is 0 Å². The van der Waals surface area contributed by atoms with Crippen molar-refractivity contribution in [1.82, 2.24) is 0 Å². The molecule has 0 atom stereocenters. The molecule has 6 heteroatoms. The minimum absolute atomic E-state index is 0.0704. The first-order valence-electron chi connectivity index (χ1n) is 8.01. The summed E-state index contributed by atoms with van der Waals surface area (Å²) in [5.74, 6) is -2.08. The summed E-state index contributed by atoms with van der Waals surface area (Å²) in [6.07, 6.45) is 0.800. The molecule has 136 valence electrons. The van der Waals surface area contributed by atoms with Crippen LogP contribution in [0.25, 0.3) is 5.76 Å². The fourth-order valence-corrected chi connectivity index (χ4v) is 2.34. The smallest absolute Gasteiger partial charge is 0.379 e. The summed E-state index contributed by atoms with van der Waals surface area (Å²) in [7, 11) is 0.